The normalized spacial score (nSPS) is 10.6. The van der Waals surface area contributed by atoms with Gasteiger partial charge < -0.3 is 5.32 Å². The Balaban J connectivity index is 2.05. The lowest BCUT2D eigenvalue weighted by Crippen LogP contribution is -2.13. The van der Waals surface area contributed by atoms with Crippen LogP contribution < -0.4 is 5.32 Å². The predicted octanol–water partition coefficient (Wildman–Crippen LogP) is 3.95. The molecule has 0 aliphatic heterocycles. The highest BCUT2D eigenvalue weighted by Crippen LogP contribution is 2.23. The number of hydrogen-bond acceptors (Lipinski definition) is 3. The maximum Gasteiger partial charge on any atom is 0.256 e. The van der Waals surface area contributed by atoms with Gasteiger partial charge in [0.25, 0.3) is 5.91 Å². The van der Waals surface area contributed by atoms with E-state index in [0.29, 0.717) is 5.56 Å². The lowest BCUT2D eigenvalue weighted by Gasteiger charge is -2.09. The first kappa shape index (κ1) is 13.7. The average Bonchev–Trinajstić information content (AvgIpc) is 2.47. The number of carbonyl (C=O) groups excluding carboxylic acids is 1. The van der Waals surface area contributed by atoms with Crippen LogP contribution in [0.4, 0.5) is 5.69 Å². The molecule has 0 fully saturated rings. The smallest absolute Gasteiger partial charge is 0.256 e. The van der Waals surface area contributed by atoms with E-state index in [2.05, 4.69) is 31.2 Å². The fourth-order valence-corrected chi connectivity index (χ4v) is 2.50. The second-order valence-corrected chi connectivity index (χ2v) is 5.58. The Labute approximate surface area is 130 Å². The van der Waals surface area contributed by atoms with Gasteiger partial charge in [-0.15, -0.1) is 0 Å². The molecule has 0 spiro atoms. The number of amides is 1. The molecular formula is C16H12BrN3O. The highest BCUT2D eigenvalue weighted by Gasteiger charge is 2.12. The van der Waals surface area contributed by atoms with E-state index >= 15 is 0 Å². The van der Waals surface area contributed by atoms with Crippen molar-refractivity contribution < 1.29 is 4.79 Å². The molecule has 0 aliphatic carbocycles. The van der Waals surface area contributed by atoms with Gasteiger partial charge in [0, 0.05) is 33.6 Å². The molecule has 1 N–H and O–H groups in total. The van der Waals surface area contributed by atoms with Crippen LogP contribution in [0.1, 0.15) is 16.1 Å². The summed E-state index contributed by atoms with van der Waals surface area (Å²) in [5, 5.41) is 3.70. The van der Waals surface area contributed by atoms with Gasteiger partial charge in [0.05, 0.1) is 11.1 Å². The van der Waals surface area contributed by atoms with Crippen LogP contribution in [-0.4, -0.2) is 15.9 Å². The van der Waals surface area contributed by atoms with Crippen LogP contribution in [0.25, 0.3) is 10.9 Å². The van der Waals surface area contributed by atoms with E-state index in [4.69, 9.17) is 0 Å². The number of pyridine rings is 2. The lowest BCUT2D eigenvalue weighted by molar-refractivity contribution is 0.102. The third-order valence-corrected chi connectivity index (χ3v) is 3.58. The summed E-state index contributed by atoms with van der Waals surface area (Å²) < 4.78 is 0.939. The number of nitrogens with one attached hydrogen (secondary N) is 1. The summed E-state index contributed by atoms with van der Waals surface area (Å²) in [6, 6.07) is 11.0. The van der Waals surface area contributed by atoms with E-state index in [1.165, 1.54) is 0 Å². The van der Waals surface area contributed by atoms with E-state index in [1.807, 2.05) is 25.1 Å². The van der Waals surface area contributed by atoms with Crippen molar-refractivity contribution in [2.75, 3.05) is 5.32 Å². The molecule has 1 amide bonds. The molecule has 4 nitrogen and oxygen atoms in total. The molecule has 0 atom stereocenters. The second-order valence-electron chi connectivity index (χ2n) is 4.66. The molecule has 1 aromatic carbocycles. The van der Waals surface area contributed by atoms with Crippen molar-refractivity contribution in [1.29, 1.82) is 0 Å². The third-order valence-electron chi connectivity index (χ3n) is 3.08. The van der Waals surface area contributed by atoms with Crippen molar-refractivity contribution in [1.82, 2.24) is 9.97 Å². The van der Waals surface area contributed by atoms with Crippen LogP contribution in [0.3, 0.4) is 0 Å². The van der Waals surface area contributed by atoms with Gasteiger partial charge in [-0.1, -0.05) is 22.0 Å². The number of anilines is 1. The number of aryl methyl sites for hydroxylation is 1. The molecule has 2 aromatic heterocycles. The molecule has 3 rings (SSSR count). The first-order chi connectivity index (χ1) is 10.1. The Morgan fingerprint density at radius 3 is 2.67 bits per heavy atom. The first-order valence-corrected chi connectivity index (χ1v) is 7.21. The van der Waals surface area contributed by atoms with E-state index < -0.39 is 0 Å². The number of hydrogen-bond donors (Lipinski definition) is 1. The summed E-state index contributed by atoms with van der Waals surface area (Å²) in [6.07, 6.45) is 3.28. The number of halogens is 1. The maximum absolute atomic E-state index is 12.5. The van der Waals surface area contributed by atoms with Gasteiger partial charge >= 0.3 is 0 Å². The number of carbonyl (C=O) groups is 1. The van der Waals surface area contributed by atoms with Crippen LogP contribution >= 0.6 is 15.9 Å². The molecule has 5 heteroatoms. The van der Waals surface area contributed by atoms with Crippen molar-refractivity contribution in [3.63, 3.8) is 0 Å². The van der Waals surface area contributed by atoms with Crippen LogP contribution in [0.2, 0.25) is 0 Å². The lowest BCUT2D eigenvalue weighted by atomic mass is 10.1. The summed E-state index contributed by atoms with van der Waals surface area (Å²) in [7, 11) is 0. The van der Waals surface area contributed by atoms with Crippen molar-refractivity contribution >= 4 is 38.4 Å². The van der Waals surface area contributed by atoms with Gasteiger partial charge in [-0.2, -0.15) is 0 Å². The van der Waals surface area contributed by atoms with Crippen molar-refractivity contribution in [3.8, 4) is 0 Å². The molecule has 0 aliphatic rings. The number of rotatable bonds is 2. The number of nitrogens with zero attached hydrogens (tertiary/aromatic N) is 2. The zero-order valence-electron chi connectivity index (χ0n) is 11.3. The molecule has 0 saturated carbocycles. The Bertz CT molecular complexity index is 813. The molecule has 0 saturated heterocycles. The Morgan fingerprint density at radius 1 is 1.14 bits per heavy atom. The SMILES string of the molecule is Cc1cc(C(=O)Nc2ccncc2)c2ccc(Br)cc2n1. The zero-order valence-corrected chi connectivity index (χ0v) is 12.9. The van der Waals surface area contributed by atoms with E-state index in [9.17, 15) is 4.79 Å². The van der Waals surface area contributed by atoms with Crippen LogP contribution in [-0.2, 0) is 0 Å². The molecule has 2 heterocycles. The number of benzene rings is 1. The monoisotopic (exact) mass is 341 g/mol. The van der Waals surface area contributed by atoms with E-state index in [1.54, 1.807) is 30.6 Å². The molecule has 3 aromatic rings. The standard InChI is InChI=1S/C16H12BrN3O/c1-10-8-14(13-3-2-11(17)9-15(13)19-10)16(21)20-12-4-6-18-7-5-12/h2-9H,1H3,(H,18,20,21). The second kappa shape index (κ2) is 5.61. The minimum absolute atomic E-state index is 0.154. The summed E-state index contributed by atoms with van der Waals surface area (Å²) in [5.74, 6) is -0.154. The fraction of sp³-hybridized carbons (Fsp3) is 0.0625. The predicted molar refractivity (Wildman–Crippen MR) is 86.4 cm³/mol. The van der Waals surface area contributed by atoms with Crippen LogP contribution in [0.5, 0.6) is 0 Å². The summed E-state index contributed by atoms with van der Waals surface area (Å²) in [5.41, 5.74) is 2.93. The zero-order chi connectivity index (χ0) is 14.8. The molecule has 21 heavy (non-hydrogen) atoms. The van der Waals surface area contributed by atoms with Crippen LogP contribution in [0, 0.1) is 6.92 Å². The van der Waals surface area contributed by atoms with Gasteiger partial charge in [0.15, 0.2) is 0 Å². The van der Waals surface area contributed by atoms with E-state index in [0.717, 1.165) is 26.8 Å². The highest BCUT2D eigenvalue weighted by atomic mass is 79.9. The molecule has 0 unspecified atom stereocenters. The quantitative estimate of drug-likeness (QED) is 0.767. The first-order valence-electron chi connectivity index (χ1n) is 6.42. The van der Waals surface area contributed by atoms with Gasteiger partial charge in [-0.25, -0.2) is 0 Å². The van der Waals surface area contributed by atoms with Gasteiger partial charge in [0.1, 0.15) is 0 Å². The number of aromatic nitrogens is 2. The molecule has 0 bridgehead atoms. The topological polar surface area (TPSA) is 54.9 Å². The summed E-state index contributed by atoms with van der Waals surface area (Å²) >= 11 is 3.42. The molecular weight excluding hydrogens is 330 g/mol. The van der Waals surface area contributed by atoms with Crippen molar-refractivity contribution in [2.24, 2.45) is 0 Å². The molecule has 104 valence electrons. The van der Waals surface area contributed by atoms with E-state index in [-0.39, 0.29) is 5.91 Å². The van der Waals surface area contributed by atoms with Crippen LogP contribution in [0.15, 0.2) is 53.3 Å². The number of fused-ring (bicyclic) bond motifs is 1. The minimum Gasteiger partial charge on any atom is -0.322 e. The third kappa shape index (κ3) is 2.92. The Kier molecular flexibility index (Phi) is 3.66. The van der Waals surface area contributed by atoms with Gasteiger partial charge in [-0.3, -0.25) is 14.8 Å². The van der Waals surface area contributed by atoms with Crippen molar-refractivity contribution in [2.45, 2.75) is 6.92 Å². The van der Waals surface area contributed by atoms with Crippen molar-refractivity contribution in [3.05, 3.63) is 64.5 Å². The highest BCUT2D eigenvalue weighted by molar-refractivity contribution is 9.10. The van der Waals surface area contributed by atoms with Gasteiger partial charge in [0.2, 0.25) is 0 Å². The van der Waals surface area contributed by atoms with Gasteiger partial charge in [-0.05, 0) is 37.3 Å². The Morgan fingerprint density at radius 2 is 1.90 bits per heavy atom. The maximum atomic E-state index is 12.5. The molecule has 0 radical (unpaired) electrons. The summed E-state index contributed by atoms with van der Waals surface area (Å²) in [6.45, 7) is 1.88. The fourth-order valence-electron chi connectivity index (χ4n) is 2.16. The summed E-state index contributed by atoms with van der Waals surface area (Å²) in [4.78, 5) is 20.9. The average molecular weight is 342 g/mol. The Hall–Kier alpha value is -2.27. The minimum atomic E-state index is -0.154. The largest absolute Gasteiger partial charge is 0.322 e.